The molecular formula is C21H28N5O2S+. The van der Waals surface area contributed by atoms with Crippen LogP contribution in [0.25, 0.3) is 5.78 Å². The Kier molecular flexibility index (Phi) is 5.56. The third kappa shape index (κ3) is 3.86. The molecule has 1 aromatic carbocycles. The molecule has 0 aliphatic carbocycles. The van der Waals surface area contributed by atoms with Gasteiger partial charge in [0.25, 0.3) is 5.78 Å². The largest absolute Gasteiger partial charge is 0.490 e. The highest BCUT2D eigenvalue weighted by atomic mass is 32.1. The van der Waals surface area contributed by atoms with Gasteiger partial charge in [-0.1, -0.05) is 0 Å². The lowest BCUT2D eigenvalue weighted by Gasteiger charge is -2.26. The second-order valence-corrected chi connectivity index (χ2v) is 7.84. The fourth-order valence-electron chi connectivity index (χ4n) is 4.03. The van der Waals surface area contributed by atoms with E-state index in [9.17, 15) is 0 Å². The molecule has 8 heteroatoms. The summed E-state index contributed by atoms with van der Waals surface area (Å²) in [5.41, 5.74) is 4.66. The summed E-state index contributed by atoms with van der Waals surface area (Å²) in [6.45, 7) is 11.9. The van der Waals surface area contributed by atoms with Crippen LogP contribution in [0.5, 0.6) is 11.5 Å². The highest BCUT2D eigenvalue weighted by molar-refractivity contribution is 7.71. The minimum atomic E-state index is 0.623. The number of hydrogen-bond donors (Lipinski definition) is 1. The average molecular weight is 415 g/mol. The van der Waals surface area contributed by atoms with E-state index < -0.39 is 0 Å². The Morgan fingerprint density at radius 2 is 1.76 bits per heavy atom. The number of ether oxygens (including phenoxy) is 2. The maximum atomic E-state index is 5.81. The molecule has 0 amide bonds. The number of aromatic nitrogens is 4. The van der Waals surface area contributed by atoms with Crippen LogP contribution in [0.2, 0.25) is 0 Å². The van der Waals surface area contributed by atoms with Gasteiger partial charge in [0.2, 0.25) is 4.77 Å². The van der Waals surface area contributed by atoms with E-state index in [1.165, 1.54) is 16.0 Å². The molecule has 1 unspecified atom stereocenters. The number of rotatable bonds is 6. The van der Waals surface area contributed by atoms with Crippen molar-refractivity contribution in [3.63, 3.8) is 0 Å². The predicted octanol–water partition coefficient (Wildman–Crippen LogP) is 2.27. The quantitative estimate of drug-likeness (QED) is 0.627. The molecule has 0 saturated heterocycles. The second-order valence-electron chi connectivity index (χ2n) is 7.47. The van der Waals surface area contributed by atoms with E-state index in [-0.39, 0.29) is 0 Å². The van der Waals surface area contributed by atoms with E-state index >= 15 is 0 Å². The molecule has 7 nitrogen and oxygen atoms in total. The molecule has 0 fully saturated rings. The smallest absolute Gasteiger partial charge is 0.254 e. The van der Waals surface area contributed by atoms with Crippen LogP contribution in [0.1, 0.15) is 36.4 Å². The van der Waals surface area contributed by atoms with E-state index in [1.54, 1.807) is 0 Å². The first-order valence-electron chi connectivity index (χ1n) is 10.2. The molecule has 0 bridgehead atoms. The fourth-order valence-corrected chi connectivity index (χ4v) is 4.36. The molecule has 4 rings (SSSR count). The minimum Gasteiger partial charge on any atom is -0.490 e. The number of nitrogens with one attached hydrogen (secondary N) is 1. The van der Waals surface area contributed by atoms with Gasteiger partial charge in [-0.15, -0.1) is 5.10 Å². The van der Waals surface area contributed by atoms with Crippen molar-refractivity contribution in [3.8, 4) is 11.5 Å². The second kappa shape index (κ2) is 8.12. The third-order valence-corrected chi connectivity index (χ3v) is 5.69. The minimum absolute atomic E-state index is 0.623. The maximum absolute atomic E-state index is 5.81. The molecule has 3 aromatic rings. The number of benzene rings is 1. The van der Waals surface area contributed by atoms with Gasteiger partial charge >= 0.3 is 0 Å². The van der Waals surface area contributed by atoms with Crippen LogP contribution in [-0.2, 0) is 19.6 Å². The van der Waals surface area contributed by atoms with Crippen molar-refractivity contribution in [2.75, 3.05) is 19.8 Å². The number of fused-ring (bicyclic) bond motifs is 2. The predicted molar refractivity (Wildman–Crippen MR) is 113 cm³/mol. The van der Waals surface area contributed by atoms with Gasteiger partial charge in [0, 0.05) is 23.4 Å². The summed E-state index contributed by atoms with van der Waals surface area (Å²) in [5.74, 6) is 2.34. The van der Waals surface area contributed by atoms with Gasteiger partial charge in [-0.25, -0.2) is 4.98 Å². The maximum Gasteiger partial charge on any atom is 0.254 e. The zero-order valence-corrected chi connectivity index (χ0v) is 18.3. The molecule has 1 atom stereocenters. The van der Waals surface area contributed by atoms with Gasteiger partial charge in [-0.05, 0) is 63.7 Å². The van der Waals surface area contributed by atoms with E-state index in [0.29, 0.717) is 23.8 Å². The molecule has 154 valence electrons. The van der Waals surface area contributed by atoms with Crippen molar-refractivity contribution in [1.29, 1.82) is 0 Å². The number of nitrogens with zero attached hydrogens (tertiary/aromatic N) is 4. The van der Waals surface area contributed by atoms with Gasteiger partial charge in [0.05, 0.1) is 19.8 Å². The first-order valence-corrected chi connectivity index (χ1v) is 10.6. The summed E-state index contributed by atoms with van der Waals surface area (Å²) in [6, 6.07) is 6.32. The first-order chi connectivity index (χ1) is 14.0. The first kappa shape index (κ1) is 19.8. The Balaban J connectivity index is 1.60. The van der Waals surface area contributed by atoms with Gasteiger partial charge < -0.3 is 14.4 Å². The standard InChI is InChI=1S/C21H27N5O2S/c1-5-27-18-10-16-7-8-24(12-17(16)11-19(18)28-6-2)13-25-21(29)26-15(4)9-14(3)22-20(26)23-25/h9-11H,5-8,12-13H2,1-4H3/p+1. The van der Waals surface area contributed by atoms with E-state index in [4.69, 9.17) is 21.7 Å². The van der Waals surface area contributed by atoms with Crippen LogP contribution in [0, 0.1) is 18.6 Å². The Labute approximate surface area is 175 Å². The number of quaternary nitrogens is 1. The topological polar surface area (TPSA) is 58.0 Å². The van der Waals surface area contributed by atoms with E-state index in [0.717, 1.165) is 49.1 Å². The van der Waals surface area contributed by atoms with Gasteiger partial charge in [0.1, 0.15) is 6.54 Å². The van der Waals surface area contributed by atoms with E-state index in [1.807, 2.05) is 42.8 Å². The van der Waals surface area contributed by atoms with Gasteiger partial charge in [0.15, 0.2) is 18.2 Å². The normalized spacial score (nSPS) is 16.1. The summed E-state index contributed by atoms with van der Waals surface area (Å²) in [7, 11) is 0. The third-order valence-electron chi connectivity index (χ3n) is 5.30. The van der Waals surface area contributed by atoms with Crippen molar-refractivity contribution in [2.24, 2.45) is 0 Å². The SMILES string of the molecule is CCOc1cc2c(cc1OCC)C[NH+](Cn1nc3nc(C)cc(C)n3c1=S)CC2. The zero-order valence-electron chi connectivity index (χ0n) is 17.5. The molecule has 3 heterocycles. The average Bonchev–Trinajstić information content (AvgIpc) is 2.98. The lowest BCUT2D eigenvalue weighted by molar-refractivity contribution is -0.939. The van der Waals surface area contributed by atoms with Crippen LogP contribution in [0.4, 0.5) is 0 Å². The highest BCUT2D eigenvalue weighted by Gasteiger charge is 2.23. The Bertz CT molecular complexity index is 1100. The zero-order chi connectivity index (χ0) is 20.5. The molecule has 0 spiro atoms. The van der Waals surface area contributed by atoms with Crippen LogP contribution in [0.15, 0.2) is 18.2 Å². The monoisotopic (exact) mass is 414 g/mol. The van der Waals surface area contributed by atoms with Crippen molar-refractivity contribution in [2.45, 2.75) is 47.3 Å². The summed E-state index contributed by atoms with van der Waals surface area (Å²) in [5, 5.41) is 4.67. The van der Waals surface area contributed by atoms with Gasteiger partial charge in [-0.3, -0.25) is 4.40 Å². The number of aryl methyl sites for hydroxylation is 2. The van der Waals surface area contributed by atoms with Crippen LogP contribution >= 0.6 is 12.2 Å². The lowest BCUT2D eigenvalue weighted by atomic mass is 9.99. The fraction of sp³-hybridized carbons (Fsp3) is 0.476. The molecule has 29 heavy (non-hydrogen) atoms. The van der Waals surface area contributed by atoms with Crippen molar-refractivity contribution >= 4 is 18.0 Å². The number of hydrogen-bond acceptors (Lipinski definition) is 5. The summed E-state index contributed by atoms with van der Waals surface area (Å²) >= 11 is 5.68. The van der Waals surface area contributed by atoms with E-state index in [2.05, 4.69) is 22.2 Å². The Morgan fingerprint density at radius 3 is 2.45 bits per heavy atom. The molecule has 0 saturated carbocycles. The molecule has 1 aliphatic heterocycles. The highest BCUT2D eigenvalue weighted by Crippen LogP contribution is 2.32. The summed E-state index contributed by atoms with van der Waals surface area (Å²) in [4.78, 5) is 5.95. The lowest BCUT2D eigenvalue weighted by Crippen LogP contribution is -3.11. The van der Waals surface area contributed by atoms with Crippen molar-refractivity contribution in [3.05, 3.63) is 45.5 Å². The summed E-state index contributed by atoms with van der Waals surface area (Å²) < 4.78 is 16.1. The van der Waals surface area contributed by atoms with Crippen LogP contribution in [-0.4, -0.2) is 38.9 Å². The summed E-state index contributed by atoms with van der Waals surface area (Å²) in [6.07, 6.45) is 0.994. The molecule has 0 radical (unpaired) electrons. The molecular weight excluding hydrogens is 386 g/mol. The Morgan fingerprint density at radius 1 is 1.07 bits per heavy atom. The van der Waals surface area contributed by atoms with Crippen LogP contribution in [0.3, 0.4) is 0 Å². The van der Waals surface area contributed by atoms with Crippen LogP contribution < -0.4 is 14.4 Å². The molecule has 1 N–H and O–H groups in total. The van der Waals surface area contributed by atoms with Crippen molar-refractivity contribution < 1.29 is 14.4 Å². The van der Waals surface area contributed by atoms with Gasteiger partial charge in [-0.2, -0.15) is 4.68 Å². The molecule has 2 aromatic heterocycles. The Hall–Kier alpha value is -2.45. The molecule has 1 aliphatic rings. The van der Waals surface area contributed by atoms with Crippen molar-refractivity contribution in [1.82, 2.24) is 19.2 Å².